The van der Waals surface area contributed by atoms with E-state index >= 15 is 0 Å². The number of hydrogen-bond acceptors (Lipinski definition) is 4. The first kappa shape index (κ1) is 14.2. The molecule has 6 heteroatoms. The molecule has 0 unspecified atom stereocenters. The molecule has 0 atom stereocenters. The molecule has 2 aromatic carbocycles. The predicted molar refractivity (Wildman–Crippen MR) is 92.3 cm³/mol. The number of pyridine rings is 1. The summed E-state index contributed by atoms with van der Waals surface area (Å²) in [5, 5.41) is 4.70. The Morgan fingerprint density at radius 3 is 2.79 bits per heavy atom. The largest absolute Gasteiger partial charge is 0.497 e. The number of fused-ring (bicyclic) bond motifs is 2. The molecule has 1 amide bonds. The third kappa shape index (κ3) is 2.54. The van der Waals surface area contributed by atoms with Gasteiger partial charge in [0.05, 0.1) is 18.1 Å². The van der Waals surface area contributed by atoms with E-state index in [1.807, 2.05) is 42.5 Å². The lowest BCUT2D eigenvalue weighted by Crippen LogP contribution is -2.14. The van der Waals surface area contributed by atoms with Crippen molar-refractivity contribution in [3.8, 4) is 5.75 Å². The highest BCUT2D eigenvalue weighted by atomic mass is 16.5. The third-order valence-electron chi connectivity index (χ3n) is 3.78. The number of anilines is 1. The Hall–Kier alpha value is -3.41. The van der Waals surface area contributed by atoms with Crippen molar-refractivity contribution in [2.45, 2.75) is 0 Å². The number of aromatic nitrogens is 3. The third-order valence-corrected chi connectivity index (χ3v) is 3.78. The Morgan fingerprint density at radius 1 is 1.12 bits per heavy atom. The maximum atomic E-state index is 12.4. The first-order chi connectivity index (χ1) is 11.7. The standard InChI is InChI=1S/C18H14N4O2/c1-24-13-6-7-14-15(9-13)21-18(20-14)22-17(23)16-8-11-4-2-3-5-12(11)10-19-16/h2-10H,1H3,(H2,20,21,22,23). The summed E-state index contributed by atoms with van der Waals surface area (Å²) in [5.74, 6) is 0.783. The first-order valence-corrected chi connectivity index (χ1v) is 7.43. The molecule has 0 aliphatic carbocycles. The van der Waals surface area contributed by atoms with Crippen molar-refractivity contribution in [1.82, 2.24) is 15.0 Å². The van der Waals surface area contributed by atoms with Crippen LogP contribution in [0.1, 0.15) is 10.5 Å². The number of amides is 1. The quantitative estimate of drug-likeness (QED) is 0.607. The lowest BCUT2D eigenvalue weighted by molar-refractivity contribution is 0.102. The van der Waals surface area contributed by atoms with Crippen molar-refractivity contribution in [2.24, 2.45) is 0 Å². The fourth-order valence-electron chi connectivity index (χ4n) is 2.55. The Labute approximate surface area is 137 Å². The Bertz CT molecular complexity index is 1060. The van der Waals surface area contributed by atoms with Crippen LogP contribution in [0.3, 0.4) is 0 Å². The van der Waals surface area contributed by atoms with E-state index in [0.717, 1.165) is 27.6 Å². The molecule has 24 heavy (non-hydrogen) atoms. The molecular weight excluding hydrogens is 304 g/mol. The van der Waals surface area contributed by atoms with Crippen LogP contribution in [0, 0.1) is 0 Å². The number of ether oxygens (including phenoxy) is 1. The molecule has 2 heterocycles. The van der Waals surface area contributed by atoms with Crippen molar-refractivity contribution in [3.63, 3.8) is 0 Å². The van der Waals surface area contributed by atoms with Crippen molar-refractivity contribution < 1.29 is 9.53 Å². The molecule has 0 spiro atoms. The number of hydrogen-bond donors (Lipinski definition) is 2. The zero-order valence-corrected chi connectivity index (χ0v) is 12.9. The van der Waals surface area contributed by atoms with Gasteiger partial charge in [0, 0.05) is 17.6 Å². The second-order valence-electron chi connectivity index (χ2n) is 5.34. The summed E-state index contributed by atoms with van der Waals surface area (Å²) in [4.78, 5) is 24.0. The van der Waals surface area contributed by atoms with Gasteiger partial charge in [0.1, 0.15) is 11.4 Å². The molecule has 0 bridgehead atoms. The molecular formula is C18H14N4O2. The molecule has 0 saturated carbocycles. The first-order valence-electron chi connectivity index (χ1n) is 7.43. The van der Waals surface area contributed by atoms with Crippen LogP contribution in [0.4, 0.5) is 5.95 Å². The van der Waals surface area contributed by atoms with Crippen LogP contribution in [-0.4, -0.2) is 28.0 Å². The zero-order valence-electron chi connectivity index (χ0n) is 12.9. The minimum atomic E-state index is -0.313. The summed E-state index contributed by atoms with van der Waals surface area (Å²) < 4.78 is 5.18. The van der Waals surface area contributed by atoms with Crippen molar-refractivity contribution in [1.29, 1.82) is 0 Å². The summed E-state index contributed by atoms with van der Waals surface area (Å²) >= 11 is 0. The second kappa shape index (κ2) is 5.66. The summed E-state index contributed by atoms with van der Waals surface area (Å²) in [6, 6.07) is 15.0. The number of benzene rings is 2. The van der Waals surface area contributed by atoms with Crippen LogP contribution in [0.25, 0.3) is 21.8 Å². The average molecular weight is 318 g/mol. The van der Waals surface area contributed by atoms with Crippen LogP contribution < -0.4 is 10.1 Å². The van der Waals surface area contributed by atoms with Gasteiger partial charge in [-0.3, -0.25) is 15.1 Å². The van der Waals surface area contributed by atoms with E-state index in [1.165, 1.54) is 0 Å². The molecule has 0 radical (unpaired) electrons. The molecule has 2 N–H and O–H groups in total. The lowest BCUT2D eigenvalue weighted by Gasteiger charge is -2.03. The molecule has 0 aliphatic heterocycles. The summed E-state index contributed by atoms with van der Waals surface area (Å²) in [6.45, 7) is 0. The highest BCUT2D eigenvalue weighted by Gasteiger charge is 2.11. The Kier molecular flexibility index (Phi) is 3.35. The normalized spacial score (nSPS) is 10.9. The zero-order chi connectivity index (χ0) is 16.5. The van der Waals surface area contributed by atoms with E-state index < -0.39 is 0 Å². The number of aromatic amines is 1. The molecule has 4 rings (SSSR count). The average Bonchev–Trinajstić information content (AvgIpc) is 3.02. The van der Waals surface area contributed by atoms with Gasteiger partial charge in [-0.25, -0.2) is 4.98 Å². The number of nitrogens with zero attached hydrogens (tertiary/aromatic N) is 2. The second-order valence-corrected chi connectivity index (χ2v) is 5.34. The summed E-state index contributed by atoms with van der Waals surface area (Å²) in [7, 11) is 1.60. The van der Waals surface area contributed by atoms with Gasteiger partial charge in [0.15, 0.2) is 0 Å². The van der Waals surface area contributed by atoms with E-state index in [0.29, 0.717) is 11.6 Å². The highest BCUT2D eigenvalue weighted by Crippen LogP contribution is 2.21. The van der Waals surface area contributed by atoms with Crippen molar-refractivity contribution >= 4 is 33.7 Å². The number of H-pyrrole nitrogens is 1. The van der Waals surface area contributed by atoms with Crippen molar-refractivity contribution in [3.05, 3.63) is 60.4 Å². The van der Waals surface area contributed by atoms with E-state index in [4.69, 9.17) is 4.74 Å². The van der Waals surface area contributed by atoms with Crippen LogP contribution in [0.2, 0.25) is 0 Å². The SMILES string of the molecule is COc1ccc2nc(NC(=O)c3cc4ccccc4cn3)[nH]c2c1. The smallest absolute Gasteiger partial charge is 0.276 e. The van der Waals surface area contributed by atoms with Gasteiger partial charge in [-0.05, 0) is 23.6 Å². The van der Waals surface area contributed by atoms with E-state index in [9.17, 15) is 4.79 Å². The van der Waals surface area contributed by atoms with Gasteiger partial charge in [0.25, 0.3) is 5.91 Å². The number of imidazole rings is 1. The molecule has 4 aromatic rings. The molecule has 118 valence electrons. The fraction of sp³-hybridized carbons (Fsp3) is 0.0556. The van der Waals surface area contributed by atoms with Crippen LogP contribution in [0.5, 0.6) is 5.75 Å². The fourth-order valence-corrected chi connectivity index (χ4v) is 2.55. The predicted octanol–water partition coefficient (Wildman–Crippen LogP) is 3.37. The molecule has 0 saturated heterocycles. The minimum absolute atomic E-state index is 0.313. The van der Waals surface area contributed by atoms with Gasteiger partial charge in [-0.15, -0.1) is 0 Å². The molecule has 6 nitrogen and oxygen atoms in total. The summed E-state index contributed by atoms with van der Waals surface area (Å²) in [5.41, 5.74) is 1.88. The topological polar surface area (TPSA) is 79.9 Å². The highest BCUT2D eigenvalue weighted by molar-refractivity contribution is 6.04. The Morgan fingerprint density at radius 2 is 1.96 bits per heavy atom. The number of nitrogens with one attached hydrogen (secondary N) is 2. The van der Waals surface area contributed by atoms with E-state index in [1.54, 1.807) is 19.4 Å². The monoisotopic (exact) mass is 318 g/mol. The Balaban J connectivity index is 1.62. The van der Waals surface area contributed by atoms with Crippen molar-refractivity contribution in [2.75, 3.05) is 12.4 Å². The van der Waals surface area contributed by atoms with E-state index in [2.05, 4.69) is 20.3 Å². The maximum Gasteiger partial charge on any atom is 0.276 e. The number of rotatable bonds is 3. The summed E-state index contributed by atoms with van der Waals surface area (Å²) in [6.07, 6.45) is 1.69. The van der Waals surface area contributed by atoms with Gasteiger partial charge in [0.2, 0.25) is 5.95 Å². The van der Waals surface area contributed by atoms with Crippen LogP contribution >= 0.6 is 0 Å². The molecule has 0 aliphatic rings. The van der Waals surface area contributed by atoms with Crippen LogP contribution in [-0.2, 0) is 0 Å². The van der Waals surface area contributed by atoms with Crippen LogP contribution in [0.15, 0.2) is 54.7 Å². The molecule has 2 aromatic heterocycles. The van der Waals surface area contributed by atoms with Gasteiger partial charge >= 0.3 is 0 Å². The maximum absolute atomic E-state index is 12.4. The number of carbonyl (C=O) groups excluding carboxylic acids is 1. The van der Waals surface area contributed by atoms with Gasteiger partial charge in [-0.2, -0.15) is 0 Å². The number of carbonyl (C=O) groups is 1. The van der Waals surface area contributed by atoms with Gasteiger partial charge in [-0.1, -0.05) is 24.3 Å². The minimum Gasteiger partial charge on any atom is -0.497 e. The molecule has 0 fully saturated rings. The lowest BCUT2D eigenvalue weighted by atomic mass is 10.1. The number of methoxy groups -OCH3 is 1. The van der Waals surface area contributed by atoms with E-state index in [-0.39, 0.29) is 5.91 Å². The van der Waals surface area contributed by atoms with Gasteiger partial charge < -0.3 is 9.72 Å².